The first-order valence-electron chi connectivity index (χ1n) is 8.90. The summed E-state index contributed by atoms with van der Waals surface area (Å²) in [5.74, 6) is 1.62. The first-order valence-corrected chi connectivity index (χ1v) is 9.44. The molecule has 2 nitrogen and oxygen atoms in total. The van der Waals surface area contributed by atoms with Gasteiger partial charge in [0.25, 0.3) is 0 Å². The van der Waals surface area contributed by atoms with Crippen molar-refractivity contribution in [2.45, 2.75) is 26.2 Å². The lowest BCUT2D eigenvalue weighted by molar-refractivity contribution is 0.214. The van der Waals surface area contributed by atoms with Gasteiger partial charge in [-0.2, -0.15) is 0 Å². The highest BCUT2D eigenvalue weighted by Gasteiger charge is 2.07. The van der Waals surface area contributed by atoms with Gasteiger partial charge in [0.1, 0.15) is 12.4 Å². The molecule has 0 N–H and O–H groups in total. The first kappa shape index (κ1) is 21.8. The molecule has 0 bridgehead atoms. The third-order valence-electron chi connectivity index (χ3n) is 4.12. The largest absolute Gasteiger partial charge is 0.492 e. The number of nitrogens with zero attached hydrogens (tertiary/aromatic N) is 1. The summed E-state index contributed by atoms with van der Waals surface area (Å²) in [6.07, 6.45) is 3.75. The number of rotatable bonds is 11. The van der Waals surface area contributed by atoms with Crippen molar-refractivity contribution in [1.29, 1.82) is 0 Å². The molecular weight excluding hydrogens is 353 g/mol. The van der Waals surface area contributed by atoms with Crippen LogP contribution in [0.25, 0.3) is 11.1 Å². The molecule has 0 saturated carbocycles. The van der Waals surface area contributed by atoms with Crippen molar-refractivity contribution in [2.24, 2.45) is 0 Å². The van der Waals surface area contributed by atoms with E-state index in [0.717, 1.165) is 30.9 Å². The van der Waals surface area contributed by atoms with Gasteiger partial charge in [0, 0.05) is 24.5 Å². The molecule has 0 spiro atoms. The van der Waals surface area contributed by atoms with Crippen LogP contribution in [0.5, 0.6) is 5.75 Å². The zero-order valence-corrected chi connectivity index (χ0v) is 16.6. The summed E-state index contributed by atoms with van der Waals surface area (Å²) in [6, 6.07) is 18.6. The molecule has 2 aromatic rings. The maximum atomic E-state index is 6.09. The van der Waals surface area contributed by atoms with E-state index in [2.05, 4.69) is 48.2 Å². The van der Waals surface area contributed by atoms with Gasteiger partial charge in [-0.05, 0) is 24.6 Å². The maximum Gasteiger partial charge on any atom is 0.127 e. The van der Waals surface area contributed by atoms with Crippen LogP contribution in [0, 0.1) is 0 Å². The van der Waals surface area contributed by atoms with Gasteiger partial charge < -0.3 is 4.74 Å². The monoisotopic (exact) mass is 381 g/mol. The van der Waals surface area contributed by atoms with Crippen molar-refractivity contribution in [3.05, 3.63) is 54.6 Å². The van der Waals surface area contributed by atoms with E-state index in [-0.39, 0.29) is 12.4 Å². The van der Waals surface area contributed by atoms with E-state index >= 15 is 0 Å². The minimum Gasteiger partial charge on any atom is -0.492 e. The average Bonchev–Trinajstić information content (AvgIpc) is 2.63. The number of unbranched alkanes of at least 4 members (excludes halogenated alkanes) is 2. The Bertz CT molecular complexity index is 577. The van der Waals surface area contributed by atoms with Crippen LogP contribution in [0.1, 0.15) is 26.2 Å². The Kier molecular flexibility index (Phi) is 11.4. The smallest absolute Gasteiger partial charge is 0.127 e. The van der Waals surface area contributed by atoms with Gasteiger partial charge in [-0.3, -0.25) is 4.90 Å². The fourth-order valence-electron chi connectivity index (χ4n) is 2.77. The van der Waals surface area contributed by atoms with E-state index in [9.17, 15) is 0 Å². The number of benzene rings is 2. The van der Waals surface area contributed by atoms with Crippen LogP contribution in [-0.2, 0) is 0 Å². The van der Waals surface area contributed by atoms with Crippen molar-refractivity contribution < 1.29 is 4.74 Å². The molecule has 2 aromatic carbocycles. The molecular formula is C21H29Cl2NO. The lowest BCUT2D eigenvalue weighted by Crippen LogP contribution is -2.31. The quantitative estimate of drug-likeness (QED) is 0.355. The Morgan fingerprint density at radius 2 is 1.60 bits per heavy atom. The summed E-state index contributed by atoms with van der Waals surface area (Å²) in [5, 5.41) is 0. The molecule has 138 valence electrons. The van der Waals surface area contributed by atoms with Gasteiger partial charge >= 0.3 is 0 Å². The molecule has 0 aliphatic carbocycles. The van der Waals surface area contributed by atoms with Crippen LogP contribution in [0.15, 0.2) is 54.6 Å². The number of hydrogen-bond donors (Lipinski definition) is 0. The third-order valence-corrected chi connectivity index (χ3v) is 4.28. The summed E-state index contributed by atoms with van der Waals surface area (Å²) in [6.45, 7) is 5.86. The van der Waals surface area contributed by atoms with E-state index in [0.29, 0.717) is 12.5 Å². The minimum atomic E-state index is 0. The van der Waals surface area contributed by atoms with Gasteiger partial charge in [-0.15, -0.1) is 24.0 Å². The molecule has 0 aliphatic heterocycles. The highest BCUT2D eigenvalue weighted by atomic mass is 35.5. The Morgan fingerprint density at radius 1 is 0.880 bits per heavy atom. The lowest BCUT2D eigenvalue weighted by atomic mass is 10.1. The van der Waals surface area contributed by atoms with Crippen LogP contribution >= 0.6 is 24.0 Å². The number of para-hydroxylation sites is 1. The summed E-state index contributed by atoms with van der Waals surface area (Å²) >= 11 is 5.93. The van der Waals surface area contributed by atoms with E-state index < -0.39 is 0 Å². The van der Waals surface area contributed by atoms with Gasteiger partial charge in [-0.1, -0.05) is 68.3 Å². The molecule has 0 unspecified atom stereocenters. The fourth-order valence-corrected chi connectivity index (χ4v) is 3.01. The average molecular weight is 382 g/mol. The number of halogens is 2. The highest BCUT2D eigenvalue weighted by Crippen LogP contribution is 2.29. The summed E-state index contributed by atoms with van der Waals surface area (Å²) < 4.78 is 6.09. The predicted octanol–water partition coefficient (Wildman–Crippen LogP) is 5.89. The van der Waals surface area contributed by atoms with Crippen molar-refractivity contribution in [2.75, 3.05) is 32.1 Å². The minimum absolute atomic E-state index is 0. The topological polar surface area (TPSA) is 12.5 Å². The number of ether oxygens (including phenoxy) is 1. The fraction of sp³-hybridized carbons (Fsp3) is 0.429. The van der Waals surface area contributed by atoms with Crippen LogP contribution < -0.4 is 4.74 Å². The van der Waals surface area contributed by atoms with E-state index in [1.807, 2.05) is 18.2 Å². The number of hydrogen-bond acceptors (Lipinski definition) is 2. The van der Waals surface area contributed by atoms with E-state index in [4.69, 9.17) is 16.3 Å². The second kappa shape index (κ2) is 13.0. The molecule has 25 heavy (non-hydrogen) atoms. The van der Waals surface area contributed by atoms with Gasteiger partial charge in [0.2, 0.25) is 0 Å². The van der Waals surface area contributed by atoms with Gasteiger partial charge in [0.05, 0.1) is 0 Å². The SMILES string of the molecule is CCCCCN(CCCl)CCOc1ccccc1-c1ccccc1.Cl. The van der Waals surface area contributed by atoms with Crippen molar-refractivity contribution >= 4 is 24.0 Å². The van der Waals surface area contributed by atoms with Crippen LogP contribution in [0.4, 0.5) is 0 Å². The third kappa shape index (κ3) is 7.68. The highest BCUT2D eigenvalue weighted by molar-refractivity contribution is 6.18. The number of alkyl halides is 1. The Labute approximate surface area is 163 Å². The molecule has 0 atom stereocenters. The standard InChI is InChI=1S/C21H28ClNO.ClH/c1-2-3-9-15-23(16-14-22)17-18-24-21-13-8-7-12-20(21)19-10-5-4-6-11-19;/h4-8,10-13H,2-3,9,14-18H2,1H3;1H. The summed E-state index contributed by atoms with van der Waals surface area (Å²) in [5.41, 5.74) is 2.33. The van der Waals surface area contributed by atoms with Crippen LogP contribution in [0.3, 0.4) is 0 Å². The van der Waals surface area contributed by atoms with Crippen molar-refractivity contribution in [3.63, 3.8) is 0 Å². The molecule has 0 heterocycles. The normalized spacial score (nSPS) is 10.5. The van der Waals surface area contributed by atoms with Crippen molar-refractivity contribution in [1.82, 2.24) is 4.90 Å². The van der Waals surface area contributed by atoms with Crippen LogP contribution in [-0.4, -0.2) is 37.0 Å². The second-order valence-corrected chi connectivity index (χ2v) is 6.33. The molecule has 0 aliphatic rings. The van der Waals surface area contributed by atoms with E-state index in [1.165, 1.54) is 24.8 Å². The van der Waals surface area contributed by atoms with Crippen LogP contribution in [0.2, 0.25) is 0 Å². The van der Waals surface area contributed by atoms with E-state index in [1.54, 1.807) is 0 Å². The predicted molar refractivity (Wildman–Crippen MR) is 111 cm³/mol. The Hall–Kier alpha value is -1.22. The summed E-state index contributed by atoms with van der Waals surface area (Å²) in [7, 11) is 0. The van der Waals surface area contributed by atoms with Crippen molar-refractivity contribution in [3.8, 4) is 16.9 Å². The molecule has 4 heteroatoms. The Balaban J connectivity index is 0.00000312. The zero-order valence-electron chi connectivity index (χ0n) is 15.0. The van der Waals surface area contributed by atoms with Gasteiger partial charge in [-0.25, -0.2) is 0 Å². The maximum absolute atomic E-state index is 6.09. The summed E-state index contributed by atoms with van der Waals surface area (Å²) in [4.78, 5) is 2.40. The lowest BCUT2D eigenvalue weighted by Gasteiger charge is -2.21. The Morgan fingerprint density at radius 3 is 2.32 bits per heavy atom. The molecule has 0 fully saturated rings. The molecule has 0 saturated heterocycles. The molecule has 0 radical (unpaired) electrons. The first-order chi connectivity index (χ1) is 11.8. The molecule has 0 aromatic heterocycles. The molecule has 0 amide bonds. The molecule has 2 rings (SSSR count). The van der Waals surface area contributed by atoms with Gasteiger partial charge in [0.15, 0.2) is 0 Å². The zero-order chi connectivity index (χ0) is 17.0. The second-order valence-electron chi connectivity index (χ2n) is 5.95.